The van der Waals surface area contributed by atoms with Gasteiger partial charge in [0.15, 0.2) is 0 Å². The molecule has 1 aromatic heterocycles. The molecule has 0 fully saturated rings. The van der Waals surface area contributed by atoms with Gasteiger partial charge in [0, 0.05) is 24.6 Å². The first-order chi connectivity index (χ1) is 10.8. The molecule has 2 rings (SSSR count). The second-order valence-corrected chi connectivity index (χ2v) is 6.03. The number of nitrogens with one attached hydrogen (secondary N) is 1. The molecular weight excluding hydrogens is 298 g/mol. The Morgan fingerprint density at radius 3 is 3.05 bits per heavy atom. The highest BCUT2D eigenvalue weighted by atomic mass is 32.2. The van der Waals surface area contributed by atoms with Gasteiger partial charge in [0.25, 0.3) is 0 Å². The number of carbonyl (C=O) groups excluding carboxylic acids is 1. The van der Waals surface area contributed by atoms with Crippen LogP contribution in [-0.4, -0.2) is 33.6 Å². The zero-order chi connectivity index (χ0) is 15.6. The average Bonchev–Trinajstić information content (AvgIpc) is 3.02. The van der Waals surface area contributed by atoms with E-state index in [2.05, 4.69) is 17.2 Å². The molecule has 0 aliphatic carbocycles. The van der Waals surface area contributed by atoms with Crippen LogP contribution in [0.2, 0.25) is 0 Å². The molecule has 0 atom stereocenters. The number of ether oxygens (including phenoxy) is 1. The molecule has 0 spiro atoms. The summed E-state index contributed by atoms with van der Waals surface area (Å²) in [6.07, 6.45) is 5.90. The van der Waals surface area contributed by atoms with Crippen molar-refractivity contribution in [3.63, 3.8) is 0 Å². The molecule has 22 heavy (non-hydrogen) atoms. The number of thioether (sulfide) groups is 1. The fourth-order valence-corrected chi connectivity index (χ4v) is 2.52. The fourth-order valence-electron chi connectivity index (χ4n) is 1.90. The molecular formula is C16H21N3O2S. The van der Waals surface area contributed by atoms with Gasteiger partial charge in [0.05, 0.1) is 18.6 Å². The van der Waals surface area contributed by atoms with Crippen LogP contribution in [-0.2, 0) is 11.3 Å². The summed E-state index contributed by atoms with van der Waals surface area (Å²) in [5.74, 6) is 2.58. The molecule has 118 valence electrons. The minimum absolute atomic E-state index is 0.0200. The highest BCUT2D eigenvalue weighted by Gasteiger charge is 2.07. The molecule has 0 aliphatic rings. The van der Waals surface area contributed by atoms with Crippen molar-refractivity contribution in [2.45, 2.75) is 19.9 Å². The molecule has 1 N–H and O–H groups in total. The zero-order valence-electron chi connectivity index (χ0n) is 12.7. The van der Waals surface area contributed by atoms with Crippen LogP contribution in [0, 0.1) is 0 Å². The molecule has 1 amide bonds. The van der Waals surface area contributed by atoms with Gasteiger partial charge in [0.1, 0.15) is 12.4 Å². The van der Waals surface area contributed by atoms with Crippen LogP contribution in [0.1, 0.15) is 13.3 Å². The minimum atomic E-state index is 0.0200. The van der Waals surface area contributed by atoms with Gasteiger partial charge >= 0.3 is 0 Å². The Hall–Kier alpha value is -1.95. The van der Waals surface area contributed by atoms with Crippen LogP contribution in [0.25, 0.3) is 0 Å². The summed E-state index contributed by atoms with van der Waals surface area (Å²) in [7, 11) is 0. The van der Waals surface area contributed by atoms with Crippen molar-refractivity contribution >= 4 is 23.4 Å². The van der Waals surface area contributed by atoms with Crippen LogP contribution in [0.15, 0.2) is 43.0 Å². The summed E-state index contributed by atoms with van der Waals surface area (Å²) in [6.45, 7) is 3.33. The number of para-hydroxylation sites is 2. The number of aromatic nitrogens is 2. The molecule has 0 bridgehead atoms. The number of hydrogen-bond acceptors (Lipinski definition) is 4. The van der Waals surface area contributed by atoms with E-state index in [0.29, 0.717) is 18.8 Å². The molecule has 5 nitrogen and oxygen atoms in total. The predicted octanol–water partition coefficient (Wildman–Crippen LogP) is 3.04. The first-order valence-corrected chi connectivity index (χ1v) is 8.50. The maximum atomic E-state index is 11.9. The van der Waals surface area contributed by atoms with Gasteiger partial charge in [-0.2, -0.15) is 11.8 Å². The lowest BCUT2D eigenvalue weighted by atomic mass is 10.3. The SMILES string of the molecule is CCSCCC(=O)Nc1ccccc1OCCn1ccnc1. The number of hydrogen-bond donors (Lipinski definition) is 1. The summed E-state index contributed by atoms with van der Waals surface area (Å²) in [5, 5.41) is 2.92. The normalized spacial score (nSPS) is 10.4. The maximum Gasteiger partial charge on any atom is 0.225 e. The molecule has 0 radical (unpaired) electrons. The molecule has 1 aromatic carbocycles. The van der Waals surface area contributed by atoms with Crippen molar-refractivity contribution in [2.75, 3.05) is 23.4 Å². The van der Waals surface area contributed by atoms with Crippen LogP contribution in [0.5, 0.6) is 5.75 Å². The highest BCUT2D eigenvalue weighted by Crippen LogP contribution is 2.24. The molecule has 2 aromatic rings. The van der Waals surface area contributed by atoms with E-state index in [9.17, 15) is 4.79 Å². The number of imidazole rings is 1. The Morgan fingerprint density at radius 2 is 2.27 bits per heavy atom. The van der Waals surface area contributed by atoms with Gasteiger partial charge in [-0.3, -0.25) is 4.79 Å². The summed E-state index contributed by atoms with van der Waals surface area (Å²) in [4.78, 5) is 15.9. The third kappa shape index (κ3) is 5.44. The molecule has 0 saturated heterocycles. The van der Waals surface area contributed by atoms with E-state index in [1.807, 2.05) is 35.0 Å². The Bertz CT molecular complexity index is 573. The second-order valence-electron chi connectivity index (χ2n) is 4.64. The van der Waals surface area contributed by atoms with Crippen molar-refractivity contribution in [2.24, 2.45) is 0 Å². The Morgan fingerprint density at radius 1 is 1.41 bits per heavy atom. The van der Waals surface area contributed by atoms with Crippen LogP contribution in [0.3, 0.4) is 0 Å². The summed E-state index contributed by atoms with van der Waals surface area (Å²) in [6, 6.07) is 7.51. The van der Waals surface area contributed by atoms with E-state index in [0.717, 1.165) is 23.7 Å². The molecule has 0 unspecified atom stereocenters. The highest BCUT2D eigenvalue weighted by molar-refractivity contribution is 7.99. The third-order valence-electron chi connectivity index (χ3n) is 3.00. The van der Waals surface area contributed by atoms with Crippen LogP contribution >= 0.6 is 11.8 Å². The van der Waals surface area contributed by atoms with Crippen LogP contribution < -0.4 is 10.1 Å². The lowest BCUT2D eigenvalue weighted by Crippen LogP contribution is -2.14. The molecule has 6 heteroatoms. The number of benzene rings is 1. The monoisotopic (exact) mass is 319 g/mol. The van der Waals surface area contributed by atoms with Crippen molar-refractivity contribution in [3.8, 4) is 5.75 Å². The Kier molecular flexibility index (Phi) is 6.83. The van der Waals surface area contributed by atoms with Gasteiger partial charge in [-0.05, 0) is 17.9 Å². The number of amides is 1. The van der Waals surface area contributed by atoms with Gasteiger partial charge in [0.2, 0.25) is 5.91 Å². The van der Waals surface area contributed by atoms with E-state index in [-0.39, 0.29) is 5.91 Å². The van der Waals surface area contributed by atoms with Crippen molar-refractivity contribution in [3.05, 3.63) is 43.0 Å². The summed E-state index contributed by atoms with van der Waals surface area (Å²) in [5.41, 5.74) is 0.722. The fraction of sp³-hybridized carbons (Fsp3) is 0.375. The van der Waals surface area contributed by atoms with Gasteiger partial charge in [-0.15, -0.1) is 0 Å². The van der Waals surface area contributed by atoms with Gasteiger partial charge in [-0.1, -0.05) is 19.1 Å². The second kappa shape index (κ2) is 9.15. The topological polar surface area (TPSA) is 56.1 Å². The smallest absolute Gasteiger partial charge is 0.225 e. The lowest BCUT2D eigenvalue weighted by molar-refractivity contribution is -0.115. The largest absolute Gasteiger partial charge is 0.490 e. The summed E-state index contributed by atoms with van der Waals surface area (Å²) >= 11 is 1.76. The first kappa shape index (κ1) is 16.4. The Balaban J connectivity index is 1.84. The maximum absolute atomic E-state index is 11.9. The van der Waals surface area contributed by atoms with Gasteiger partial charge < -0.3 is 14.6 Å². The number of nitrogens with zero attached hydrogens (tertiary/aromatic N) is 2. The molecule has 0 saturated carbocycles. The Labute approximate surface area is 135 Å². The minimum Gasteiger partial charge on any atom is -0.490 e. The van der Waals surface area contributed by atoms with E-state index in [1.54, 1.807) is 24.3 Å². The standard InChI is InChI=1S/C16H21N3O2S/c1-2-22-12-7-16(20)18-14-5-3-4-6-15(14)21-11-10-19-9-8-17-13-19/h3-6,8-9,13H,2,7,10-12H2,1H3,(H,18,20). The van der Waals surface area contributed by atoms with Gasteiger partial charge in [-0.25, -0.2) is 4.98 Å². The van der Waals surface area contributed by atoms with Crippen molar-refractivity contribution in [1.82, 2.24) is 9.55 Å². The van der Waals surface area contributed by atoms with E-state index in [4.69, 9.17) is 4.74 Å². The first-order valence-electron chi connectivity index (χ1n) is 7.34. The molecule has 0 aliphatic heterocycles. The average molecular weight is 319 g/mol. The lowest BCUT2D eigenvalue weighted by Gasteiger charge is -2.12. The van der Waals surface area contributed by atoms with Crippen molar-refractivity contribution in [1.29, 1.82) is 0 Å². The van der Waals surface area contributed by atoms with Crippen molar-refractivity contribution < 1.29 is 9.53 Å². The number of rotatable bonds is 9. The predicted molar refractivity (Wildman–Crippen MR) is 90.4 cm³/mol. The zero-order valence-corrected chi connectivity index (χ0v) is 13.5. The molecule has 1 heterocycles. The number of carbonyl (C=O) groups is 1. The van der Waals surface area contributed by atoms with E-state index < -0.39 is 0 Å². The third-order valence-corrected chi connectivity index (χ3v) is 3.91. The van der Waals surface area contributed by atoms with E-state index in [1.165, 1.54) is 0 Å². The van der Waals surface area contributed by atoms with Crippen LogP contribution in [0.4, 0.5) is 5.69 Å². The summed E-state index contributed by atoms with van der Waals surface area (Å²) < 4.78 is 7.72. The quantitative estimate of drug-likeness (QED) is 0.722. The number of anilines is 1. The van der Waals surface area contributed by atoms with E-state index >= 15 is 0 Å².